The highest BCUT2D eigenvalue weighted by atomic mass is 35.5. The first kappa shape index (κ1) is 13.2. The first-order chi connectivity index (χ1) is 9.21. The monoisotopic (exact) mass is 284 g/mol. The van der Waals surface area contributed by atoms with E-state index in [2.05, 4.69) is 0 Å². The summed E-state index contributed by atoms with van der Waals surface area (Å²) >= 11 is 6.16. The molecule has 3 rings (SSSR count). The Balaban J connectivity index is 1.69. The van der Waals surface area contributed by atoms with Gasteiger partial charge in [0, 0.05) is 29.9 Å². The number of hydrogen-bond acceptors (Lipinski definition) is 2. The fraction of sp³-hybridized carbons (Fsp3) is 0.600. The van der Waals surface area contributed by atoms with Gasteiger partial charge in [-0.05, 0) is 37.5 Å². The summed E-state index contributed by atoms with van der Waals surface area (Å²) in [5.74, 6) is 1.21. The third kappa shape index (κ3) is 2.72. The quantitative estimate of drug-likeness (QED) is 0.790. The molecule has 0 aromatic heterocycles. The number of fused-ring (bicyclic) bond motifs is 1. The lowest BCUT2D eigenvalue weighted by atomic mass is 9.79. The van der Waals surface area contributed by atoms with Crippen LogP contribution in [0.15, 0.2) is 18.2 Å². The maximum absolute atomic E-state index is 13.2. The minimum Gasteiger partial charge on any atom is -0.490 e. The van der Waals surface area contributed by atoms with E-state index in [1.54, 1.807) is 12.1 Å². The second-order valence-electron chi connectivity index (χ2n) is 5.69. The van der Waals surface area contributed by atoms with Crippen LogP contribution < -0.4 is 4.74 Å². The Morgan fingerprint density at radius 3 is 3.05 bits per heavy atom. The van der Waals surface area contributed by atoms with Crippen LogP contribution in [-0.4, -0.2) is 25.2 Å². The first-order valence-corrected chi connectivity index (χ1v) is 7.33. The predicted molar refractivity (Wildman–Crippen MR) is 72.3 cm³/mol. The van der Waals surface area contributed by atoms with Crippen molar-refractivity contribution in [2.45, 2.75) is 31.8 Å². The van der Waals surface area contributed by atoms with Gasteiger partial charge in [0.25, 0.3) is 0 Å². The Kier molecular flexibility index (Phi) is 3.68. The van der Waals surface area contributed by atoms with Crippen LogP contribution in [0.5, 0.6) is 5.75 Å². The molecule has 1 aromatic carbocycles. The highest BCUT2D eigenvalue weighted by molar-refractivity contribution is 6.18. The van der Waals surface area contributed by atoms with Gasteiger partial charge in [-0.15, -0.1) is 11.6 Å². The molecular formula is C15H18ClFO2. The first-order valence-electron chi connectivity index (χ1n) is 6.80. The van der Waals surface area contributed by atoms with Crippen LogP contribution in [0.2, 0.25) is 0 Å². The number of halogens is 2. The predicted octanol–water partition coefficient (Wildman–Crippen LogP) is 3.55. The molecule has 0 spiro atoms. The second-order valence-corrected chi connectivity index (χ2v) is 5.96. The minimum absolute atomic E-state index is 0.0189. The largest absolute Gasteiger partial charge is 0.490 e. The molecule has 2 unspecified atom stereocenters. The Labute approximate surface area is 117 Å². The van der Waals surface area contributed by atoms with Crippen molar-refractivity contribution in [1.82, 2.24) is 0 Å². The zero-order valence-electron chi connectivity index (χ0n) is 10.8. The molecule has 0 saturated carbocycles. The van der Waals surface area contributed by atoms with Crippen molar-refractivity contribution in [2.75, 3.05) is 19.1 Å². The summed E-state index contributed by atoms with van der Waals surface area (Å²) in [6.07, 6.45) is 3.89. The van der Waals surface area contributed by atoms with Gasteiger partial charge in [-0.2, -0.15) is 0 Å². The van der Waals surface area contributed by atoms with Crippen molar-refractivity contribution in [3.8, 4) is 5.75 Å². The van der Waals surface area contributed by atoms with Crippen molar-refractivity contribution in [1.29, 1.82) is 0 Å². The van der Waals surface area contributed by atoms with Gasteiger partial charge in [0.2, 0.25) is 0 Å². The smallest absolute Gasteiger partial charge is 0.123 e. The van der Waals surface area contributed by atoms with Gasteiger partial charge in [-0.3, -0.25) is 0 Å². The van der Waals surface area contributed by atoms with E-state index in [-0.39, 0.29) is 17.3 Å². The molecule has 19 heavy (non-hydrogen) atoms. The Morgan fingerprint density at radius 1 is 1.42 bits per heavy atom. The van der Waals surface area contributed by atoms with Crippen LogP contribution in [-0.2, 0) is 11.2 Å². The Morgan fingerprint density at radius 2 is 2.32 bits per heavy atom. The van der Waals surface area contributed by atoms with Crippen LogP contribution in [0.3, 0.4) is 0 Å². The van der Waals surface area contributed by atoms with Gasteiger partial charge in [-0.1, -0.05) is 0 Å². The summed E-state index contributed by atoms with van der Waals surface area (Å²) in [7, 11) is 0. The standard InChI is InChI=1S/C15H18ClFO2/c16-9-15(4-1-5-18-10-15)8-13-7-11-6-12(17)2-3-14(11)19-13/h2-3,6,13H,1,4-5,7-10H2. The lowest BCUT2D eigenvalue weighted by Crippen LogP contribution is -2.38. The van der Waals surface area contributed by atoms with Crippen LogP contribution >= 0.6 is 11.6 Å². The number of hydrogen-bond donors (Lipinski definition) is 0. The van der Waals surface area contributed by atoms with Crippen molar-refractivity contribution < 1.29 is 13.9 Å². The third-order valence-electron chi connectivity index (χ3n) is 4.11. The van der Waals surface area contributed by atoms with Gasteiger partial charge in [0.15, 0.2) is 0 Å². The second kappa shape index (κ2) is 5.29. The van der Waals surface area contributed by atoms with E-state index in [1.807, 2.05) is 0 Å². The molecule has 0 bridgehead atoms. The molecule has 1 fully saturated rings. The zero-order chi connectivity index (χ0) is 13.3. The average molecular weight is 285 g/mol. The highest BCUT2D eigenvalue weighted by Crippen LogP contribution is 2.39. The van der Waals surface area contributed by atoms with Gasteiger partial charge < -0.3 is 9.47 Å². The minimum atomic E-state index is -0.198. The van der Waals surface area contributed by atoms with Crippen LogP contribution in [0.4, 0.5) is 4.39 Å². The lowest BCUT2D eigenvalue weighted by Gasteiger charge is -2.36. The van der Waals surface area contributed by atoms with Crippen molar-refractivity contribution in [3.05, 3.63) is 29.6 Å². The summed E-state index contributed by atoms with van der Waals surface area (Å²) in [6.45, 7) is 1.54. The van der Waals surface area contributed by atoms with E-state index >= 15 is 0 Å². The van der Waals surface area contributed by atoms with E-state index in [9.17, 15) is 4.39 Å². The summed E-state index contributed by atoms with van der Waals surface area (Å²) in [5, 5.41) is 0. The number of rotatable bonds is 3. The average Bonchev–Trinajstić information content (AvgIpc) is 2.81. The molecule has 0 amide bonds. The number of ether oxygens (including phenoxy) is 2. The van der Waals surface area contributed by atoms with E-state index in [0.29, 0.717) is 12.5 Å². The van der Waals surface area contributed by atoms with Crippen LogP contribution in [0.25, 0.3) is 0 Å². The maximum atomic E-state index is 13.2. The molecule has 0 aliphatic carbocycles. The molecule has 2 aliphatic rings. The van der Waals surface area contributed by atoms with Crippen molar-refractivity contribution in [2.24, 2.45) is 5.41 Å². The van der Waals surface area contributed by atoms with Crippen molar-refractivity contribution in [3.63, 3.8) is 0 Å². The normalized spacial score (nSPS) is 29.9. The van der Waals surface area contributed by atoms with Gasteiger partial charge in [0.1, 0.15) is 17.7 Å². The molecule has 1 aromatic rings. The Hall–Kier alpha value is -0.800. The number of benzene rings is 1. The topological polar surface area (TPSA) is 18.5 Å². The Bertz CT molecular complexity index is 457. The van der Waals surface area contributed by atoms with Crippen molar-refractivity contribution >= 4 is 11.6 Å². The fourth-order valence-corrected chi connectivity index (χ4v) is 3.44. The molecule has 2 aliphatic heterocycles. The highest BCUT2D eigenvalue weighted by Gasteiger charge is 2.37. The molecular weight excluding hydrogens is 267 g/mol. The summed E-state index contributed by atoms with van der Waals surface area (Å²) in [4.78, 5) is 0. The van der Waals surface area contributed by atoms with Gasteiger partial charge >= 0.3 is 0 Å². The maximum Gasteiger partial charge on any atom is 0.123 e. The molecule has 0 N–H and O–H groups in total. The molecule has 4 heteroatoms. The molecule has 2 atom stereocenters. The molecule has 0 radical (unpaired) electrons. The summed E-state index contributed by atoms with van der Waals surface area (Å²) in [6, 6.07) is 4.73. The summed E-state index contributed by atoms with van der Waals surface area (Å²) < 4.78 is 24.7. The summed E-state index contributed by atoms with van der Waals surface area (Å²) in [5.41, 5.74) is 0.983. The van der Waals surface area contributed by atoms with E-state index in [0.717, 1.165) is 43.6 Å². The molecule has 104 valence electrons. The fourth-order valence-electron chi connectivity index (χ4n) is 3.12. The molecule has 1 saturated heterocycles. The van der Waals surface area contributed by atoms with E-state index in [4.69, 9.17) is 21.1 Å². The zero-order valence-corrected chi connectivity index (χ0v) is 11.6. The van der Waals surface area contributed by atoms with Crippen LogP contribution in [0, 0.1) is 11.2 Å². The molecule has 2 nitrogen and oxygen atoms in total. The van der Waals surface area contributed by atoms with E-state index < -0.39 is 0 Å². The van der Waals surface area contributed by atoms with Gasteiger partial charge in [0.05, 0.1) is 6.61 Å². The molecule has 2 heterocycles. The van der Waals surface area contributed by atoms with Crippen LogP contribution in [0.1, 0.15) is 24.8 Å². The SMILES string of the molecule is Fc1ccc2c(c1)CC(CC1(CCl)CCCOC1)O2. The van der Waals surface area contributed by atoms with E-state index in [1.165, 1.54) is 6.07 Å². The lowest BCUT2D eigenvalue weighted by molar-refractivity contribution is -0.0160. The third-order valence-corrected chi connectivity index (χ3v) is 4.68. The van der Waals surface area contributed by atoms with Gasteiger partial charge in [-0.25, -0.2) is 4.39 Å². The number of alkyl halides is 1.